The Balaban J connectivity index is 1.43. The van der Waals surface area contributed by atoms with E-state index in [0.29, 0.717) is 53.0 Å². The van der Waals surface area contributed by atoms with Gasteiger partial charge in [-0.15, -0.1) is 0 Å². The van der Waals surface area contributed by atoms with Crippen LogP contribution in [0.3, 0.4) is 0 Å². The van der Waals surface area contributed by atoms with Crippen LogP contribution < -0.4 is 13.8 Å². The number of likely N-dealkylation sites (N-methyl/N-ethyl adjacent to an activating group) is 1. The first-order valence-corrected chi connectivity index (χ1v) is 17.8. The van der Waals surface area contributed by atoms with Gasteiger partial charge in [0.25, 0.3) is 15.9 Å². The number of oxazole rings is 1. The zero-order valence-electron chi connectivity index (χ0n) is 27.1. The molecule has 0 bridgehead atoms. The standard InChI is InChI=1S/C35H38ClN5O6S/c1-38-16-18-39(19-17-38)23-24-6-12-28(32(21-24)46-3)35(40-15-4-5-31(40)33-37-14-20-47-33)29-22-25(36)7-13-30(29)41(34(35)42)48(43,44)27-10-8-26(45-2)9-11-27/h6-14,20-22,31H,4-5,15-19,23H2,1-3H3. The van der Waals surface area contributed by atoms with E-state index in [1.54, 1.807) is 43.6 Å². The molecule has 0 aliphatic carbocycles. The first kappa shape index (κ1) is 32.6. The van der Waals surface area contributed by atoms with Crippen LogP contribution in [0.1, 0.15) is 41.5 Å². The molecule has 0 radical (unpaired) electrons. The molecule has 2 atom stereocenters. The van der Waals surface area contributed by atoms with E-state index in [2.05, 4.69) is 21.8 Å². The highest BCUT2D eigenvalue weighted by Gasteiger charge is 2.62. The summed E-state index contributed by atoms with van der Waals surface area (Å²) >= 11 is 6.68. The Morgan fingerprint density at radius 1 is 0.958 bits per heavy atom. The highest BCUT2D eigenvalue weighted by atomic mass is 35.5. The molecule has 4 heterocycles. The molecule has 252 valence electrons. The van der Waals surface area contributed by atoms with Crippen molar-refractivity contribution in [1.82, 2.24) is 19.7 Å². The molecule has 2 saturated heterocycles. The van der Waals surface area contributed by atoms with Crippen LogP contribution in [0.2, 0.25) is 5.02 Å². The van der Waals surface area contributed by atoms with Crippen molar-refractivity contribution < 1.29 is 27.1 Å². The smallest absolute Gasteiger partial charge is 0.271 e. The summed E-state index contributed by atoms with van der Waals surface area (Å²) < 4.78 is 47.1. The number of sulfonamides is 1. The van der Waals surface area contributed by atoms with Crippen LogP contribution in [0.25, 0.3) is 0 Å². The summed E-state index contributed by atoms with van der Waals surface area (Å²) in [6, 6.07) is 16.4. The van der Waals surface area contributed by atoms with Crippen molar-refractivity contribution in [2.24, 2.45) is 0 Å². The number of aromatic nitrogens is 1. The van der Waals surface area contributed by atoms with Crippen LogP contribution in [0.15, 0.2) is 82.4 Å². The maximum atomic E-state index is 15.5. The number of amides is 1. The first-order chi connectivity index (χ1) is 23.2. The minimum atomic E-state index is -4.40. The van der Waals surface area contributed by atoms with Gasteiger partial charge in [0.05, 0.1) is 37.0 Å². The highest BCUT2D eigenvalue weighted by molar-refractivity contribution is 7.93. The lowest BCUT2D eigenvalue weighted by atomic mass is 9.80. The minimum absolute atomic E-state index is 0.0477. The fraction of sp³-hybridized carbons (Fsp3) is 0.371. The minimum Gasteiger partial charge on any atom is -0.497 e. The number of hydrogen-bond donors (Lipinski definition) is 0. The average molecular weight is 692 g/mol. The van der Waals surface area contributed by atoms with Gasteiger partial charge in [-0.2, -0.15) is 0 Å². The van der Waals surface area contributed by atoms with Crippen molar-refractivity contribution in [2.75, 3.05) is 58.3 Å². The Bertz CT molecular complexity index is 1910. The topological polar surface area (TPSA) is 109 Å². The SMILES string of the molecule is COc1ccc(S(=O)(=O)N2C(=O)C(c3ccc(CN4CCN(C)CC4)cc3OC)(N3CCCC3c3ncco3)c3cc(Cl)ccc32)cc1. The van der Waals surface area contributed by atoms with E-state index in [0.717, 1.165) is 42.5 Å². The van der Waals surface area contributed by atoms with Gasteiger partial charge in [-0.25, -0.2) is 17.7 Å². The average Bonchev–Trinajstić information content (AvgIpc) is 3.85. The Labute approximate surface area is 285 Å². The van der Waals surface area contributed by atoms with E-state index in [1.165, 1.54) is 25.5 Å². The third-order valence-corrected chi connectivity index (χ3v) is 11.7. The summed E-state index contributed by atoms with van der Waals surface area (Å²) in [6.07, 6.45) is 4.47. The second kappa shape index (κ2) is 12.8. The third kappa shape index (κ3) is 5.36. The quantitative estimate of drug-likeness (QED) is 0.240. The van der Waals surface area contributed by atoms with Crippen LogP contribution >= 0.6 is 11.6 Å². The number of benzene rings is 3. The van der Waals surface area contributed by atoms with Gasteiger partial charge in [-0.1, -0.05) is 23.7 Å². The van der Waals surface area contributed by atoms with Crippen molar-refractivity contribution >= 4 is 33.2 Å². The van der Waals surface area contributed by atoms with Crippen LogP contribution in [0, 0.1) is 0 Å². The molecule has 2 unspecified atom stereocenters. The molecule has 4 aromatic rings. The summed E-state index contributed by atoms with van der Waals surface area (Å²) in [5, 5.41) is 0.368. The zero-order chi connectivity index (χ0) is 33.6. The number of anilines is 1. The number of hydrogen-bond acceptors (Lipinski definition) is 10. The van der Waals surface area contributed by atoms with Gasteiger partial charge in [0.1, 0.15) is 17.8 Å². The van der Waals surface area contributed by atoms with Crippen molar-refractivity contribution in [3.63, 3.8) is 0 Å². The number of carbonyl (C=O) groups is 1. The molecule has 0 spiro atoms. The van der Waals surface area contributed by atoms with E-state index < -0.39 is 27.5 Å². The lowest BCUT2D eigenvalue weighted by Gasteiger charge is -2.41. The number of carbonyl (C=O) groups excluding carboxylic acids is 1. The molecule has 1 aromatic heterocycles. The monoisotopic (exact) mass is 691 g/mol. The summed E-state index contributed by atoms with van der Waals surface area (Å²) in [5.74, 6) is 0.766. The van der Waals surface area contributed by atoms with Gasteiger partial charge in [-0.3, -0.25) is 14.6 Å². The predicted octanol–water partition coefficient (Wildman–Crippen LogP) is 4.91. The van der Waals surface area contributed by atoms with Crippen molar-refractivity contribution in [2.45, 2.75) is 35.9 Å². The van der Waals surface area contributed by atoms with Crippen molar-refractivity contribution in [3.8, 4) is 11.5 Å². The second-order valence-corrected chi connectivity index (χ2v) is 14.7. The van der Waals surface area contributed by atoms with Crippen LogP contribution in [0.5, 0.6) is 11.5 Å². The predicted molar refractivity (Wildman–Crippen MR) is 181 cm³/mol. The fourth-order valence-electron chi connectivity index (χ4n) is 7.35. The van der Waals surface area contributed by atoms with Crippen molar-refractivity contribution in [3.05, 3.63) is 101 Å². The van der Waals surface area contributed by atoms with Gasteiger partial charge >= 0.3 is 0 Å². The second-order valence-electron chi connectivity index (χ2n) is 12.5. The number of methoxy groups -OCH3 is 2. The number of rotatable bonds is 9. The number of piperazine rings is 1. The number of ether oxygens (including phenoxy) is 2. The number of nitrogens with zero attached hydrogens (tertiary/aromatic N) is 5. The van der Waals surface area contributed by atoms with E-state index in [1.807, 2.05) is 23.1 Å². The third-order valence-electron chi connectivity index (χ3n) is 9.74. The molecule has 3 aliphatic heterocycles. The molecule has 7 rings (SSSR count). The summed E-state index contributed by atoms with van der Waals surface area (Å²) in [4.78, 5) is 26.6. The molecule has 3 aromatic carbocycles. The lowest BCUT2D eigenvalue weighted by molar-refractivity contribution is -0.127. The molecule has 2 fully saturated rings. The summed E-state index contributed by atoms with van der Waals surface area (Å²) in [6.45, 7) is 5.04. The first-order valence-electron chi connectivity index (χ1n) is 16.0. The molecular formula is C35H38ClN5O6S. The summed E-state index contributed by atoms with van der Waals surface area (Å²) in [7, 11) is 0.803. The van der Waals surface area contributed by atoms with Gasteiger partial charge in [0.15, 0.2) is 5.54 Å². The van der Waals surface area contributed by atoms with Gasteiger partial charge < -0.3 is 18.8 Å². The Morgan fingerprint density at radius 2 is 1.73 bits per heavy atom. The normalized spacial score (nSPS) is 22.3. The number of halogens is 1. The van der Waals surface area contributed by atoms with E-state index >= 15 is 4.79 Å². The van der Waals surface area contributed by atoms with Crippen LogP contribution in [-0.4, -0.2) is 88.0 Å². The summed E-state index contributed by atoms with van der Waals surface area (Å²) in [5.41, 5.74) is 0.571. The molecule has 3 aliphatic rings. The molecule has 1 amide bonds. The fourth-order valence-corrected chi connectivity index (χ4v) is 8.98. The van der Waals surface area contributed by atoms with Gasteiger partial charge in [-0.05, 0) is 74.0 Å². The van der Waals surface area contributed by atoms with Crippen LogP contribution in [0.4, 0.5) is 5.69 Å². The van der Waals surface area contributed by atoms with Crippen LogP contribution in [-0.2, 0) is 26.9 Å². The zero-order valence-corrected chi connectivity index (χ0v) is 28.7. The molecule has 0 saturated carbocycles. The Hall–Kier alpha value is -3.94. The largest absolute Gasteiger partial charge is 0.497 e. The lowest BCUT2D eigenvalue weighted by Crippen LogP contribution is -2.54. The number of fused-ring (bicyclic) bond motifs is 1. The molecule has 0 N–H and O–H groups in total. The Kier molecular flexibility index (Phi) is 8.71. The number of likely N-dealkylation sites (tertiary alicyclic amines) is 1. The van der Waals surface area contributed by atoms with Gasteiger partial charge in [0, 0.05) is 55.4 Å². The Morgan fingerprint density at radius 3 is 2.42 bits per heavy atom. The molecule has 48 heavy (non-hydrogen) atoms. The molecular weight excluding hydrogens is 654 g/mol. The van der Waals surface area contributed by atoms with E-state index in [9.17, 15) is 8.42 Å². The molecule has 13 heteroatoms. The maximum Gasteiger partial charge on any atom is 0.271 e. The van der Waals surface area contributed by atoms with Crippen molar-refractivity contribution in [1.29, 1.82) is 0 Å². The van der Waals surface area contributed by atoms with Gasteiger partial charge in [0.2, 0.25) is 5.89 Å². The highest BCUT2D eigenvalue weighted by Crippen LogP contribution is 2.56. The van der Waals surface area contributed by atoms with E-state index in [4.69, 9.17) is 25.5 Å². The van der Waals surface area contributed by atoms with E-state index in [-0.39, 0.29) is 10.6 Å². The molecule has 11 nitrogen and oxygen atoms in total. The maximum absolute atomic E-state index is 15.5.